The molecule has 4 aromatic rings. The summed E-state index contributed by atoms with van der Waals surface area (Å²) in [5.41, 5.74) is 2.89. The van der Waals surface area contributed by atoms with Gasteiger partial charge in [0.2, 0.25) is 0 Å². The number of rotatable bonds is 5. The van der Waals surface area contributed by atoms with Gasteiger partial charge in [-0.2, -0.15) is 0 Å². The van der Waals surface area contributed by atoms with E-state index in [9.17, 15) is 4.79 Å². The molecule has 0 atom stereocenters. The molecule has 0 N–H and O–H groups in total. The molecule has 7 nitrogen and oxygen atoms in total. The van der Waals surface area contributed by atoms with Gasteiger partial charge in [0.1, 0.15) is 11.6 Å². The Labute approximate surface area is 152 Å². The van der Waals surface area contributed by atoms with Crippen LogP contribution in [0.5, 0.6) is 0 Å². The van der Waals surface area contributed by atoms with E-state index in [1.54, 1.807) is 24.7 Å². The predicted molar refractivity (Wildman–Crippen MR) is 95.8 cm³/mol. The molecule has 4 rings (SSSR count). The second-order valence-electron chi connectivity index (χ2n) is 5.35. The summed E-state index contributed by atoms with van der Waals surface area (Å²) in [5.74, 6) is -0.462. The Bertz CT molecular complexity index is 1020. The highest BCUT2D eigenvalue weighted by molar-refractivity contribution is 7.09. The number of nitrogens with zero attached hydrogens (tertiary/aromatic N) is 5. The maximum atomic E-state index is 12.3. The number of ether oxygens (including phenoxy) is 1. The molecular weight excluding hydrogens is 350 g/mol. The molecule has 1 aromatic carbocycles. The van der Waals surface area contributed by atoms with Gasteiger partial charge in [-0.15, -0.1) is 16.4 Å². The molecule has 0 amide bonds. The van der Waals surface area contributed by atoms with Crippen molar-refractivity contribution < 1.29 is 9.53 Å². The van der Waals surface area contributed by atoms with E-state index in [1.165, 1.54) is 22.2 Å². The number of esters is 1. The van der Waals surface area contributed by atoms with Gasteiger partial charge >= 0.3 is 5.97 Å². The zero-order valence-electron chi connectivity index (χ0n) is 13.5. The van der Waals surface area contributed by atoms with E-state index in [0.29, 0.717) is 11.3 Å². The molecule has 0 aliphatic rings. The SMILES string of the molecule is O=C(OCc1nc(-c2ccccc2)cs1)c1cncc(-n2ccnn2)c1. The Morgan fingerprint density at radius 1 is 1.19 bits per heavy atom. The number of pyridine rings is 1. The lowest BCUT2D eigenvalue weighted by molar-refractivity contribution is 0.0472. The van der Waals surface area contributed by atoms with Gasteiger partial charge in [0.05, 0.1) is 35.5 Å². The van der Waals surface area contributed by atoms with Gasteiger partial charge in [0, 0.05) is 17.1 Å². The summed E-state index contributed by atoms with van der Waals surface area (Å²) in [7, 11) is 0. The minimum absolute atomic E-state index is 0.115. The molecule has 0 unspecified atom stereocenters. The van der Waals surface area contributed by atoms with Crippen molar-refractivity contribution in [2.75, 3.05) is 0 Å². The summed E-state index contributed by atoms with van der Waals surface area (Å²) in [6.45, 7) is 0.115. The van der Waals surface area contributed by atoms with E-state index >= 15 is 0 Å². The molecule has 26 heavy (non-hydrogen) atoms. The highest BCUT2D eigenvalue weighted by atomic mass is 32.1. The Hall–Kier alpha value is -3.39. The van der Waals surface area contributed by atoms with Crippen LogP contribution in [0.4, 0.5) is 0 Å². The summed E-state index contributed by atoms with van der Waals surface area (Å²) >= 11 is 1.46. The average Bonchev–Trinajstić information content (AvgIpc) is 3.39. The van der Waals surface area contributed by atoms with Crippen molar-refractivity contribution in [3.63, 3.8) is 0 Å². The molecule has 0 spiro atoms. The van der Waals surface area contributed by atoms with E-state index in [-0.39, 0.29) is 6.61 Å². The van der Waals surface area contributed by atoms with Gasteiger partial charge < -0.3 is 4.74 Å². The quantitative estimate of drug-likeness (QED) is 0.507. The third-order valence-corrected chi connectivity index (χ3v) is 4.42. The summed E-state index contributed by atoms with van der Waals surface area (Å²) in [5, 5.41) is 10.3. The largest absolute Gasteiger partial charge is 0.455 e. The molecule has 0 radical (unpaired) electrons. The normalized spacial score (nSPS) is 10.6. The topological polar surface area (TPSA) is 82.8 Å². The molecule has 3 aromatic heterocycles. The smallest absolute Gasteiger partial charge is 0.340 e. The maximum Gasteiger partial charge on any atom is 0.340 e. The molecule has 0 saturated carbocycles. The van der Waals surface area contributed by atoms with Crippen molar-refractivity contribution in [1.82, 2.24) is 25.0 Å². The minimum atomic E-state index is -0.462. The number of aromatic nitrogens is 5. The molecule has 0 aliphatic carbocycles. The summed E-state index contributed by atoms with van der Waals surface area (Å²) in [6, 6.07) is 11.5. The fourth-order valence-electron chi connectivity index (χ4n) is 2.34. The zero-order chi connectivity index (χ0) is 17.8. The van der Waals surface area contributed by atoms with E-state index in [4.69, 9.17) is 4.74 Å². The highest BCUT2D eigenvalue weighted by Crippen LogP contribution is 2.22. The van der Waals surface area contributed by atoms with Crippen molar-refractivity contribution in [1.29, 1.82) is 0 Å². The monoisotopic (exact) mass is 363 g/mol. The highest BCUT2D eigenvalue weighted by Gasteiger charge is 2.12. The fourth-order valence-corrected chi connectivity index (χ4v) is 3.05. The van der Waals surface area contributed by atoms with E-state index in [0.717, 1.165) is 16.3 Å². The number of hydrogen-bond donors (Lipinski definition) is 0. The molecule has 128 valence electrons. The molecule has 0 bridgehead atoms. The average molecular weight is 363 g/mol. The number of carbonyl (C=O) groups excluding carboxylic acids is 1. The summed E-state index contributed by atoms with van der Waals surface area (Å²) in [4.78, 5) is 20.9. The molecule has 0 saturated heterocycles. The zero-order valence-corrected chi connectivity index (χ0v) is 14.3. The fraction of sp³-hybridized carbons (Fsp3) is 0.0556. The lowest BCUT2D eigenvalue weighted by Crippen LogP contribution is -2.07. The molecule has 0 aliphatic heterocycles. The van der Waals surface area contributed by atoms with Crippen LogP contribution < -0.4 is 0 Å². The molecule has 8 heteroatoms. The van der Waals surface area contributed by atoms with Gasteiger partial charge in [-0.3, -0.25) is 4.98 Å². The van der Waals surface area contributed by atoms with Crippen LogP contribution in [0.25, 0.3) is 16.9 Å². The van der Waals surface area contributed by atoms with Gasteiger partial charge in [0.15, 0.2) is 0 Å². The molecule has 3 heterocycles. The third-order valence-electron chi connectivity index (χ3n) is 3.59. The first-order chi connectivity index (χ1) is 12.8. The third kappa shape index (κ3) is 3.50. The number of carbonyl (C=O) groups is 1. The summed E-state index contributed by atoms with van der Waals surface area (Å²) < 4.78 is 6.88. The maximum absolute atomic E-state index is 12.3. The Kier molecular flexibility index (Phi) is 4.48. The van der Waals surface area contributed by atoms with Crippen LogP contribution in [-0.4, -0.2) is 30.9 Å². The lowest BCUT2D eigenvalue weighted by atomic mass is 10.2. The van der Waals surface area contributed by atoms with Crippen LogP contribution in [0.2, 0.25) is 0 Å². The van der Waals surface area contributed by atoms with Crippen molar-refractivity contribution in [2.24, 2.45) is 0 Å². The molecular formula is C18H13N5O2S. The van der Waals surface area contributed by atoms with E-state index < -0.39 is 5.97 Å². The minimum Gasteiger partial charge on any atom is -0.455 e. The van der Waals surface area contributed by atoms with Crippen molar-refractivity contribution in [3.05, 3.63) is 77.1 Å². The van der Waals surface area contributed by atoms with E-state index in [2.05, 4.69) is 20.3 Å². The summed E-state index contributed by atoms with van der Waals surface area (Å²) in [6.07, 6.45) is 6.28. The van der Waals surface area contributed by atoms with Crippen LogP contribution in [0.3, 0.4) is 0 Å². The Balaban J connectivity index is 1.43. The van der Waals surface area contributed by atoms with Gasteiger partial charge in [-0.1, -0.05) is 35.5 Å². The van der Waals surface area contributed by atoms with Gasteiger partial charge in [-0.25, -0.2) is 14.5 Å². The van der Waals surface area contributed by atoms with Crippen molar-refractivity contribution in [2.45, 2.75) is 6.61 Å². The van der Waals surface area contributed by atoms with Crippen LogP contribution in [-0.2, 0) is 11.3 Å². The Morgan fingerprint density at radius 3 is 2.88 bits per heavy atom. The van der Waals surface area contributed by atoms with Gasteiger partial charge in [0.25, 0.3) is 0 Å². The van der Waals surface area contributed by atoms with Gasteiger partial charge in [-0.05, 0) is 6.07 Å². The van der Waals surface area contributed by atoms with Crippen LogP contribution in [0.1, 0.15) is 15.4 Å². The van der Waals surface area contributed by atoms with Crippen LogP contribution >= 0.6 is 11.3 Å². The first-order valence-electron chi connectivity index (χ1n) is 7.78. The lowest BCUT2D eigenvalue weighted by Gasteiger charge is -2.04. The second-order valence-corrected chi connectivity index (χ2v) is 6.29. The predicted octanol–water partition coefficient (Wildman–Crippen LogP) is 3.14. The van der Waals surface area contributed by atoms with Crippen LogP contribution in [0.15, 0.2) is 66.6 Å². The first kappa shape index (κ1) is 16.1. The number of benzene rings is 1. The number of hydrogen-bond acceptors (Lipinski definition) is 7. The second kappa shape index (κ2) is 7.24. The number of thiazole rings is 1. The van der Waals surface area contributed by atoms with E-state index in [1.807, 2.05) is 35.7 Å². The Morgan fingerprint density at radius 2 is 2.08 bits per heavy atom. The molecule has 0 fully saturated rings. The van der Waals surface area contributed by atoms with Crippen molar-refractivity contribution >= 4 is 17.3 Å². The first-order valence-corrected chi connectivity index (χ1v) is 8.66. The van der Waals surface area contributed by atoms with Crippen molar-refractivity contribution in [3.8, 4) is 16.9 Å². The van der Waals surface area contributed by atoms with Crippen LogP contribution in [0, 0.1) is 0 Å². The standard InChI is InChI=1S/C18H13N5O2S/c24-18(14-8-15(10-19-9-14)23-7-6-20-22-23)25-11-17-21-16(12-26-17)13-4-2-1-3-5-13/h1-10,12H,11H2.